The van der Waals surface area contributed by atoms with Gasteiger partial charge in [-0.3, -0.25) is 9.36 Å². The summed E-state index contributed by atoms with van der Waals surface area (Å²) in [5, 5.41) is 22.0. The molecule has 8 bridgehead atoms. The molecule has 0 amide bonds. The molecule has 2 aliphatic heterocycles. The minimum Gasteiger partial charge on any atom is -0.493 e. The van der Waals surface area contributed by atoms with Gasteiger partial charge in [0.15, 0.2) is 0 Å². The Kier molecular flexibility index (Phi) is 8.30. The van der Waals surface area contributed by atoms with Crippen LogP contribution in [-0.2, 0) is 63.6 Å². The van der Waals surface area contributed by atoms with Gasteiger partial charge in [-0.15, -0.1) is 23.5 Å². The first-order chi connectivity index (χ1) is 22.9. The summed E-state index contributed by atoms with van der Waals surface area (Å²) in [5.41, 5.74) is 11.1. The number of thioether (sulfide) groups is 2. The van der Waals surface area contributed by atoms with Crippen LogP contribution in [0.3, 0.4) is 0 Å². The topological polar surface area (TPSA) is 87.1 Å². The van der Waals surface area contributed by atoms with Crippen molar-refractivity contribution in [2.45, 2.75) is 80.1 Å². The van der Waals surface area contributed by atoms with E-state index < -0.39 is 5.97 Å². The highest BCUT2D eigenvalue weighted by molar-refractivity contribution is 7.98. The zero-order valence-electron chi connectivity index (χ0n) is 26.8. The van der Waals surface area contributed by atoms with Crippen LogP contribution in [0.25, 0.3) is 22.0 Å². The highest BCUT2D eigenvalue weighted by Crippen LogP contribution is 2.44. The van der Waals surface area contributed by atoms with Crippen LogP contribution >= 0.6 is 35.1 Å². The number of halogens is 1. The number of nitrogens with zero attached hydrogens (tertiary/aromatic N) is 5. The lowest BCUT2D eigenvalue weighted by atomic mass is 9.91. The Hall–Kier alpha value is -3.34. The molecule has 0 saturated heterocycles. The lowest BCUT2D eigenvalue weighted by Gasteiger charge is -2.21. The molecule has 244 valence electrons. The first-order valence-electron chi connectivity index (χ1n) is 16.5. The zero-order valence-corrected chi connectivity index (χ0v) is 29.2. The summed E-state index contributed by atoms with van der Waals surface area (Å²) >= 11 is 10.7. The Morgan fingerprint density at radius 3 is 2.66 bits per heavy atom. The fourth-order valence-corrected chi connectivity index (χ4v) is 9.86. The molecule has 1 N–H and O–H groups in total. The van der Waals surface area contributed by atoms with Crippen molar-refractivity contribution in [2.24, 2.45) is 14.1 Å². The molecule has 2 aromatic carbocycles. The first-order valence-corrected chi connectivity index (χ1v) is 19.0. The van der Waals surface area contributed by atoms with Crippen molar-refractivity contribution in [2.75, 3.05) is 6.61 Å². The summed E-state index contributed by atoms with van der Waals surface area (Å²) in [6.45, 7) is 1.39. The molecule has 0 saturated carbocycles. The number of benzene rings is 2. The number of carboxylic acids is 1. The van der Waals surface area contributed by atoms with Crippen LogP contribution in [0.2, 0.25) is 5.02 Å². The van der Waals surface area contributed by atoms with Gasteiger partial charge in [-0.25, -0.2) is 4.79 Å². The predicted molar refractivity (Wildman–Crippen MR) is 189 cm³/mol. The zero-order chi connectivity index (χ0) is 32.2. The number of carboxylic acid groups (broad SMARTS) is 1. The Balaban J connectivity index is 1.25. The number of carbonyl (C=O) groups is 1. The summed E-state index contributed by atoms with van der Waals surface area (Å²) in [4.78, 5) is 14.0. The summed E-state index contributed by atoms with van der Waals surface area (Å²) in [6.07, 6.45) is 7.75. The smallest absolute Gasteiger partial charge is 0.352 e. The standard InChI is InChI=1S/C36H38ClN5O3S2/c1-40-34-27-11-12-28(37)32(34)33-29(39-42-13-5-10-30(33)42)20-46-18-22-16-23(41(2)38-22)19-47-24-15-21-7-3-4-8-25(21)31(17-24)45-14-6-9-26(27)35(40)36(43)44/h11-12,15-17H,3-10,13-14,18-20H2,1-2H3,(H,43,44). The van der Waals surface area contributed by atoms with Crippen LogP contribution in [-0.4, -0.2) is 41.8 Å². The fourth-order valence-electron chi connectivity index (χ4n) is 7.77. The molecule has 8 rings (SSSR count). The number of aromatic carboxylic acids is 1. The number of ether oxygens (including phenoxy) is 1. The van der Waals surface area contributed by atoms with E-state index in [-0.39, 0.29) is 0 Å². The highest BCUT2D eigenvalue weighted by Gasteiger charge is 2.30. The largest absolute Gasteiger partial charge is 0.493 e. The number of aromatic nitrogens is 5. The lowest BCUT2D eigenvalue weighted by Crippen LogP contribution is -2.10. The molecular formula is C36H38ClN5O3S2. The van der Waals surface area contributed by atoms with Crippen molar-refractivity contribution < 1.29 is 14.6 Å². The SMILES string of the molecule is Cn1nc2cc1CSc1cc3c(c(c1)OCCCc1c(C(=O)O)n(C)c4c(c(Cl)ccc14)-c1c(nn4c1CCC4)CSC2)CCCC3. The molecule has 3 aliphatic rings. The molecule has 0 atom stereocenters. The predicted octanol–water partition coefficient (Wildman–Crippen LogP) is 8.00. The maximum absolute atomic E-state index is 12.8. The molecule has 0 fully saturated rings. The van der Waals surface area contributed by atoms with Gasteiger partial charge in [-0.2, -0.15) is 10.2 Å². The second-order valence-corrected chi connectivity index (χ2v) is 15.3. The van der Waals surface area contributed by atoms with Gasteiger partial charge < -0.3 is 14.4 Å². The van der Waals surface area contributed by atoms with Gasteiger partial charge >= 0.3 is 5.97 Å². The van der Waals surface area contributed by atoms with Crippen LogP contribution in [0.5, 0.6) is 5.75 Å². The van der Waals surface area contributed by atoms with Crippen LogP contribution in [0.1, 0.15) is 75.6 Å². The van der Waals surface area contributed by atoms with Crippen LogP contribution in [0.4, 0.5) is 0 Å². The van der Waals surface area contributed by atoms with E-state index in [1.807, 2.05) is 47.2 Å². The van der Waals surface area contributed by atoms with E-state index in [4.69, 9.17) is 26.5 Å². The van der Waals surface area contributed by atoms with E-state index in [0.717, 1.165) is 88.5 Å². The van der Waals surface area contributed by atoms with Gasteiger partial charge in [0.1, 0.15) is 11.4 Å². The van der Waals surface area contributed by atoms with Crippen LogP contribution in [0.15, 0.2) is 35.2 Å². The van der Waals surface area contributed by atoms with Crippen LogP contribution in [0, 0.1) is 0 Å². The van der Waals surface area contributed by atoms with Crippen LogP contribution < -0.4 is 4.74 Å². The minimum absolute atomic E-state index is 0.312. The number of fused-ring (bicyclic) bond motifs is 10. The molecule has 3 aromatic heterocycles. The van der Waals surface area contributed by atoms with Gasteiger partial charge in [0, 0.05) is 70.7 Å². The highest BCUT2D eigenvalue weighted by atomic mass is 35.5. The minimum atomic E-state index is -0.930. The Labute approximate surface area is 287 Å². The van der Waals surface area contributed by atoms with E-state index in [0.29, 0.717) is 35.9 Å². The molecule has 0 radical (unpaired) electrons. The van der Waals surface area contributed by atoms with Crippen molar-refractivity contribution in [3.8, 4) is 16.9 Å². The molecular weight excluding hydrogens is 650 g/mol. The number of hydrogen-bond donors (Lipinski definition) is 1. The van der Waals surface area contributed by atoms with Gasteiger partial charge in [0.25, 0.3) is 0 Å². The van der Waals surface area contributed by atoms with E-state index >= 15 is 0 Å². The second kappa shape index (κ2) is 12.6. The Morgan fingerprint density at radius 1 is 0.936 bits per heavy atom. The second-order valence-electron chi connectivity index (χ2n) is 12.9. The van der Waals surface area contributed by atoms with Crippen molar-refractivity contribution in [1.29, 1.82) is 0 Å². The monoisotopic (exact) mass is 687 g/mol. The van der Waals surface area contributed by atoms with E-state index in [1.54, 1.807) is 11.8 Å². The molecule has 5 heterocycles. The van der Waals surface area contributed by atoms with E-state index in [2.05, 4.69) is 22.9 Å². The molecule has 47 heavy (non-hydrogen) atoms. The third-order valence-electron chi connectivity index (χ3n) is 9.90. The van der Waals surface area contributed by atoms with Gasteiger partial charge in [-0.05, 0) is 92.3 Å². The fraction of sp³-hybridized carbons (Fsp3) is 0.417. The number of rotatable bonds is 1. The Morgan fingerprint density at radius 2 is 1.79 bits per heavy atom. The van der Waals surface area contributed by atoms with Crippen molar-refractivity contribution >= 4 is 52.0 Å². The van der Waals surface area contributed by atoms with Gasteiger partial charge in [-0.1, -0.05) is 17.7 Å². The molecule has 8 nitrogen and oxygen atoms in total. The van der Waals surface area contributed by atoms with Crippen molar-refractivity contribution in [3.05, 3.63) is 80.5 Å². The normalized spacial score (nSPS) is 16.7. The summed E-state index contributed by atoms with van der Waals surface area (Å²) in [5.74, 6) is 2.36. The quantitative estimate of drug-likeness (QED) is 0.191. The van der Waals surface area contributed by atoms with E-state index in [9.17, 15) is 9.90 Å². The first kappa shape index (κ1) is 31.0. The van der Waals surface area contributed by atoms with Crippen molar-refractivity contribution in [1.82, 2.24) is 24.1 Å². The summed E-state index contributed by atoms with van der Waals surface area (Å²) in [7, 11) is 3.89. The van der Waals surface area contributed by atoms with Gasteiger partial charge in [0.2, 0.25) is 0 Å². The lowest BCUT2D eigenvalue weighted by molar-refractivity contribution is 0.0685. The average molecular weight is 688 g/mol. The molecule has 11 heteroatoms. The number of hydrogen-bond acceptors (Lipinski definition) is 6. The van der Waals surface area contributed by atoms with Crippen molar-refractivity contribution in [3.63, 3.8) is 0 Å². The average Bonchev–Trinajstić information content (AvgIpc) is 3.80. The third kappa shape index (κ3) is 5.56. The third-order valence-corrected chi connectivity index (χ3v) is 12.2. The molecule has 5 aromatic rings. The molecule has 0 unspecified atom stereocenters. The molecule has 1 aliphatic carbocycles. The van der Waals surface area contributed by atoms with Gasteiger partial charge in [0.05, 0.1) is 28.5 Å². The van der Waals surface area contributed by atoms with E-state index in [1.165, 1.54) is 40.3 Å². The maximum Gasteiger partial charge on any atom is 0.352 e. The maximum atomic E-state index is 12.8. The number of aryl methyl sites for hydroxylation is 5. The summed E-state index contributed by atoms with van der Waals surface area (Å²) in [6, 6.07) is 10.7. The Bertz CT molecular complexity index is 2040. The molecule has 0 spiro atoms. The summed E-state index contributed by atoms with van der Waals surface area (Å²) < 4.78 is 12.5.